The Morgan fingerprint density at radius 3 is 2.10 bits per heavy atom. The van der Waals surface area contributed by atoms with E-state index in [2.05, 4.69) is 5.32 Å². The zero-order chi connectivity index (χ0) is 28.6. The first-order valence-electron chi connectivity index (χ1n) is 12.6. The minimum Gasteiger partial charge on any atom is -0.457 e. The summed E-state index contributed by atoms with van der Waals surface area (Å²) in [4.78, 5) is 27.7. The number of amides is 2. The molecule has 0 bridgehead atoms. The fourth-order valence-corrected chi connectivity index (χ4v) is 4.63. The van der Waals surface area contributed by atoms with Gasteiger partial charge in [-0.2, -0.15) is 0 Å². The van der Waals surface area contributed by atoms with Crippen LogP contribution in [-0.4, -0.2) is 50.0 Å². The maximum absolute atomic E-state index is 14.5. The second kappa shape index (κ2) is 13.2. The predicted molar refractivity (Wildman–Crippen MR) is 149 cm³/mol. The number of sulfonamides is 1. The highest BCUT2D eigenvalue weighted by atomic mass is 32.2. The van der Waals surface area contributed by atoms with Gasteiger partial charge in [0.25, 0.3) is 0 Å². The van der Waals surface area contributed by atoms with E-state index in [1.807, 2.05) is 32.0 Å². The number of halogens is 1. The molecule has 0 fully saturated rings. The Kier molecular flexibility index (Phi) is 10.1. The standard InChI is InChI=1S/C29H34FN3O5S/c1-5-21(2)31-29(35)22(3)32(19-23-11-9-10-14-27(23)30)28(34)20-33(39(4,36)37)24-15-17-26(18-16-24)38-25-12-7-6-8-13-25/h6-18,21-22H,5,19-20H2,1-4H3,(H,31,35)/t21-,22-/m0/s1. The van der Waals surface area contributed by atoms with Crippen LogP contribution in [0.3, 0.4) is 0 Å². The fourth-order valence-electron chi connectivity index (χ4n) is 3.78. The van der Waals surface area contributed by atoms with Gasteiger partial charge in [-0.15, -0.1) is 0 Å². The lowest BCUT2D eigenvalue weighted by molar-refractivity contribution is -0.139. The second-order valence-corrected chi connectivity index (χ2v) is 11.2. The molecule has 39 heavy (non-hydrogen) atoms. The molecule has 2 amide bonds. The van der Waals surface area contributed by atoms with Gasteiger partial charge in [0, 0.05) is 18.2 Å². The first kappa shape index (κ1) is 29.6. The van der Waals surface area contributed by atoms with Crippen LogP contribution in [0.25, 0.3) is 0 Å². The Morgan fingerprint density at radius 2 is 1.51 bits per heavy atom. The van der Waals surface area contributed by atoms with Gasteiger partial charge in [-0.3, -0.25) is 13.9 Å². The van der Waals surface area contributed by atoms with Crippen LogP contribution < -0.4 is 14.4 Å². The van der Waals surface area contributed by atoms with Crippen molar-refractivity contribution in [3.8, 4) is 11.5 Å². The zero-order valence-electron chi connectivity index (χ0n) is 22.5. The van der Waals surface area contributed by atoms with E-state index in [0.29, 0.717) is 17.9 Å². The third kappa shape index (κ3) is 8.28. The molecule has 0 spiro atoms. The van der Waals surface area contributed by atoms with Crippen molar-refractivity contribution in [2.24, 2.45) is 0 Å². The molecule has 0 aromatic heterocycles. The van der Waals surface area contributed by atoms with Gasteiger partial charge in [-0.1, -0.05) is 43.3 Å². The van der Waals surface area contributed by atoms with Gasteiger partial charge in [-0.05, 0) is 62.7 Å². The summed E-state index contributed by atoms with van der Waals surface area (Å²) in [5.41, 5.74) is 0.455. The van der Waals surface area contributed by atoms with Gasteiger partial charge < -0.3 is 15.0 Å². The number of benzene rings is 3. The molecule has 0 unspecified atom stereocenters. The maximum Gasteiger partial charge on any atom is 0.244 e. The fraction of sp³-hybridized carbons (Fsp3) is 0.310. The van der Waals surface area contributed by atoms with Gasteiger partial charge in [-0.25, -0.2) is 12.8 Å². The van der Waals surface area contributed by atoms with Gasteiger partial charge in [0.15, 0.2) is 0 Å². The molecule has 0 saturated carbocycles. The summed E-state index contributed by atoms with van der Waals surface area (Å²) in [6.45, 7) is 4.51. The van der Waals surface area contributed by atoms with Crippen LogP contribution in [0.1, 0.15) is 32.8 Å². The van der Waals surface area contributed by atoms with Crippen LogP contribution in [0.2, 0.25) is 0 Å². The Morgan fingerprint density at radius 1 is 0.923 bits per heavy atom. The molecule has 3 aromatic carbocycles. The Balaban J connectivity index is 1.87. The Labute approximate surface area is 229 Å². The Bertz CT molecular complexity index is 1370. The minimum atomic E-state index is -3.90. The van der Waals surface area contributed by atoms with E-state index in [1.165, 1.54) is 42.2 Å². The summed E-state index contributed by atoms with van der Waals surface area (Å²) in [6.07, 6.45) is 1.68. The smallest absolute Gasteiger partial charge is 0.244 e. The van der Waals surface area contributed by atoms with Crippen molar-refractivity contribution in [1.29, 1.82) is 0 Å². The van der Waals surface area contributed by atoms with Crippen molar-refractivity contribution in [3.05, 3.63) is 90.2 Å². The topological polar surface area (TPSA) is 96.0 Å². The quantitative estimate of drug-likeness (QED) is 0.349. The summed E-state index contributed by atoms with van der Waals surface area (Å²) in [6, 6.07) is 20.2. The summed E-state index contributed by atoms with van der Waals surface area (Å²) in [5, 5.41) is 2.83. The van der Waals surface area contributed by atoms with Gasteiger partial charge >= 0.3 is 0 Å². The molecule has 2 atom stereocenters. The average molecular weight is 556 g/mol. The maximum atomic E-state index is 14.5. The molecule has 208 valence electrons. The molecule has 0 radical (unpaired) electrons. The van der Waals surface area contributed by atoms with E-state index in [1.54, 1.807) is 30.3 Å². The molecule has 0 saturated heterocycles. The number of nitrogens with zero attached hydrogens (tertiary/aromatic N) is 2. The van der Waals surface area contributed by atoms with Crippen molar-refractivity contribution in [2.45, 2.75) is 45.8 Å². The van der Waals surface area contributed by atoms with Crippen LogP contribution >= 0.6 is 0 Å². The van der Waals surface area contributed by atoms with Crippen molar-refractivity contribution in [2.75, 3.05) is 17.1 Å². The SMILES string of the molecule is CC[C@H](C)NC(=O)[C@H](C)N(Cc1ccccc1F)C(=O)CN(c1ccc(Oc2ccccc2)cc1)S(C)(=O)=O. The second-order valence-electron chi connectivity index (χ2n) is 9.29. The highest BCUT2D eigenvalue weighted by molar-refractivity contribution is 7.92. The summed E-state index contributed by atoms with van der Waals surface area (Å²) >= 11 is 0. The third-order valence-electron chi connectivity index (χ3n) is 6.25. The Hall–Kier alpha value is -3.92. The molecule has 8 nitrogen and oxygen atoms in total. The van der Waals surface area contributed by atoms with Crippen LogP contribution in [0.15, 0.2) is 78.9 Å². The zero-order valence-corrected chi connectivity index (χ0v) is 23.3. The minimum absolute atomic E-state index is 0.130. The number of hydrogen-bond donors (Lipinski definition) is 1. The molecule has 1 N–H and O–H groups in total. The summed E-state index contributed by atoms with van der Waals surface area (Å²) < 4.78 is 46.7. The highest BCUT2D eigenvalue weighted by Crippen LogP contribution is 2.26. The number of carbonyl (C=O) groups is 2. The predicted octanol–water partition coefficient (Wildman–Crippen LogP) is 4.72. The molecule has 3 aromatic rings. The van der Waals surface area contributed by atoms with Gasteiger partial charge in [0.2, 0.25) is 21.8 Å². The van der Waals surface area contributed by atoms with Crippen molar-refractivity contribution in [3.63, 3.8) is 0 Å². The van der Waals surface area contributed by atoms with E-state index in [9.17, 15) is 22.4 Å². The number of anilines is 1. The molecular formula is C29H34FN3O5S. The number of rotatable bonds is 12. The molecule has 0 heterocycles. The van der Waals surface area contributed by atoms with Crippen LogP contribution in [0, 0.1) is 5.82 Å². The molecule has 0 aliphatic heterocycles. The van der Waals surface area contributed by atoms with Gasteiger partial charge in [0.05, 0.1) is 11.9 Å². The normalized spacial score (nSPS) is 12.7. The highest BCUT2D eigenvalue weighted by Gasteiger charge is 2.31. The summed E-state index contributed by atoms with van der Waals surface area (Å²) in [5.74, 6) is -0.489. The lowest BCUT2D eigenvalue weighted by atomic mass is 10.1. The van der Waals surface area contributed by atoms with E-state index >= 15 is 0 Å². The number of nitrogens with one attached hydrogen (secondary N) is 1. The molecule has 0 aliphatic carbocycles. The lowest BCUT2D eigenvalue weighted by Gasteiger charge is -2.32. The van der Waals surface area contributed by atoms with Gasteiger partial charge in [0.1, 0.15) is 29.9 Å². The van der Waals surface area contributed by atoms with E-state index in [0.717, 1.165) is 10.6 Å². The lowest BCUT2D eigenvalue weighted by Crippen LogP contribution is -2.52. The third-order valence-corrected chi connectivity index (χ3v) is 7.39. The number of para-hydroxylation sites is 1. The number of hydrogen-bond acceptors (Lipinski definition) is 5. The number of ether oxygens (including phenoxy) is 1. The van der Waals surface area contributed by atoms with Crippen molar-refractivity contribution < 1.29 is 27.1 Å². The first-order valence-corrected chi connectivity index (χ1v) is 14.5. The van der Waals surface area contributed by atoms with E-state index < -0.39 is 40.2 Å². The monoisotopic (exact) mass is 555 g/mol. The van der Waals surface area contributed by atoms with Crippen LogP contribution in [0.4, 0.5) is 10.1 Å². The van der Waals surface area contributed by atoms with E-state index in [-0.39, 0.29) is 23.8 Å². The number of carbonyl (C=O) groups excluding carboxylic acids is 2. The molecule has 0 aliphatic rings. The molecular weight excluding hydrogens is 521 g/mol. The molecule has 3 rings (SSSR count). The van der Waals surface area contributed by atoms with E-state index in [4.69, 9.17) is 4.74 Å². The summed E-state index contributed by atoms with van der Waals surface area (Å²) in [7, 11) is -3.90. The first-order chi connectivity index (χ1) is 18.5. The largest absolute Gasteiger partial charge is 0.457 e. The molecule has 10 heteroatoms. The van der Waals surface area contributed by atoms with Crippen molar-refractivity contribution in [1.82, 2.24) is 10.2 Å². The van der Waals surface area contributed by atoms with Crippen LogP contribution in [-0.2, 0) is 26.2 Å². The van der Waals surface area contributed by atoms with Crippen molar-refractivity contribution >= 4 is 27.5 Å². The van der Waals surface area contributed by atoms with Crippen LogP contribution in [0.5, 0.6) is 11.5 Å². The average Bonchev–Trinajstić information content (AvgIpc) is 2.91.